The minimum atomic E-state index is -0.665. The van der Waals surface area contributed by atoms with Crippen molar-refractivity contribution >= 4 is 11.7 Å². The van der Waals surface area contributed by atoms with Crippen LogP contribution >= 0.6 is 0 Å². The van der Waals surface area contributed by atoms with E-state index in [0.29, 0.717) is 6.61 Å². The molecule has 0 spiro atoms. The molecule has 6 heteroatoms. The van der Waals surface area contributed by atoms with Gasteiger partial charge in [-0.1, -0.05) is 0 Å². The summed E-state index contributed by atoms with van der Waals surface area (Å²) in [5, 5.41) is 3.87. The summed E-state index contributed by atoms with van der Waals surface area (Å²) in [6.07, 6.45) is 1.17. The molecule has 0 aromatic carbocycles. The fourth-order valence-corrected chi connectivity index (χ4v) is 1.43. The van der Waals surface area contributed by atoms with Crippen LogP contribution in [0, 0.1) is 0 Å². The van der Waals surface area contributed by atoms with Gasteiger partial charge in [-0.15, -0.1) is 0 Å². The molecule has 2 atom stereocenters. The topological polar surface area (TPSA) is 85.9 Å². The minimum absolute atomic E-state index is 0.151. The minimum Gasteiger partial charge on any atom is -0.353 e. The number of carbonyl (C=O) groups is 1. The van der Waals surface area contributed by atoms with Crippen LogP contribution in [0.1, 0.15) is 26.7 Å². The van der Waals surface area contributed by atoms with E-state index in [2.05, 4.69) is 10.5 Å². The quantitative estimate of drug-likeness (QED) is 0.675. The molecule has 15 heavy (non-hydrogen) atoms. The van der Waals surface area contributed by atoms with E-state index < -0.39 is 6.03 Å². The summed E-state index contributed by atoms with van der Waals surface area (Å²) in [4.78, 5) is 10.5. The second kappa shape index (κ2) is 5.67. The van der Waals surface area contributed by atoms with Gasteiger partial charge in [0.05, 0.1) is 11.8 Å². The first-order valence-electron chi connectivity index (χ1n) is 5.02. The van der Waals surface area contributed by atoms with Gasteiger partial charge in [-0.25, -0.2) is 10.2 Å². The molecular weight excluding hydrogens is 198 g/mol. The van der Waals surface area contributed by atoms with Gasteiger partial charge < -0.3 is 15.2 Å². The van der Waals surface area contributed by atoms with Crippen LogP contribution < -0.4 is 11.2 Å². The van der Waals surface area contributed by atoms with Crippen molar-refractivity contribution in [3.05, 3.63) is 0 Å². The predicted molar refractivity (Wildman–Crippen MR) is 55.3 cm³/mol. The van der Waals surface area contributed by atoms with E-state index in [1.54, 1.807) is 0 Å². The number of nitrogens with zero attached hydrogens (tertiary/aromatic N) is 1. The van der Waals surface area contributed by atoms with E-state index in [1.165, 1.54) is 0 Å². The van der Waals surface area contributed by atoms with Crippen LogP contribution in [0.4, 0.5) is 4.79 Å². The highest BCUT2D eigenvalue weighted by atomic mass is 16.7. The second-order valence-corrected chi connectivity index (χ2v) is 3.28. The number of urea groups is 1. The third-order valence-corrected chi connectivity index (χ3v) is 2.12. The molecule has 2 unspecified atom stereocenters. The number of hydrogen-bond acceptors (Lipinski definition) is 4. The van der Waals surface area contributed by atoms with Gasteiger partial charge in [0, 0.05) is 13.0 Å². The molecule has 2 amide bonds. The van der Waals surface area contributed by atoms with E-state index in [1.807, 2.05) is 13.8 Å². The fourth-order valence-electron chi connectivity index (χ4n) is 1.43. The van der Waals surface area contributed by atoms with Crippen molar-refractivity contribution in [2.24, 2.45) is 10.8 Å². The SMILES string of the molecule is CCOC1CC/C(=N/NC(N)=O)C(C)O1. The molecule has 6 nitrogen and oxygen atoms in total. The van der Waals surface area contributed by atoms with E-state index >= 15 is 0 Å². The first-order valence-corrected chi connectivity index (χ1v) is 5.02. The number of rotatable bonds is 3. The molecule has 1 fully saturated rings. The van der Waals surface area contributed by atoms with Gasteiger partial charge in [-0.3, -0.25) is 0 Å². The highest BCUT2D eigenvalue weighted by Gasteiger charge is 2.24. The Morgan fingerprint density at radius 3 is 3.07 bits per heavy atom. The van der Waals surface area contributed by atoms with Gasteiger partial charge in [-0.2, -0.15) is 5.10 Å². The first kappa shape index (κ1) is 11.9. The number of hydrazone groups is 1. The number of ether oxygens (including phenoxy) is 2. The third kappa shape index (κ3) is 3.85. The summed E-state index contributed by atoms with van der Waals surface area (Å²) in [6, 6.07) is -0.665. The molecule has 0 radical (unpaired) electrons. The van der Waals surface area contributed by atoms with Crippen LogP contribution in [0.5, 0.6) is 0 Å². The Hall–Kier alpha value is -1.14. The normalized spacial score (nSPS) is 29.1. The summed E-state index contributed by atoms with van der Waals surface area (Å²) in [7, 11) is 0. The average molecular weight is 215 g/mol. The van der Waals surface area contributed by atoms with E-state index in [9.17, 15) is 4.79 Å². The Labute approximate surface area is 88.8 Å². The van der Waals surface area contributed by atoms with Crippen LogP contribution in [-0.2, 0) is 9.47 Å². The molecule has 86 valence electrons. The molecule has 1 rings (SSSR count). The number of nitrogens with one attached hydrogen (secondary N) is 1. The maximum Gasteiger partial charge on any atom is 0.332 e. The standard InChI is InChI=1S/C9H17N3O3/c1-3-14-8-5-4-7(6(2)15-8)11-12-9(10)13/h6,8H,3-5H2,1-2H3,(H3,10,12,13)/b11-7-. The maximum absolute atomic E-state index is 10.5. The largest absolute Gasteiger partial charge is 0.353 e. The van der Waals surface area contributed by atoms with Gasteiger partial charge in [0.1, 0.15) is 0 Å². The van der Waals surface area contributed by atoms with Crippen molar-refractivity contribution in [2.45, 2.75) is 39.1 Å². The van der Waals surface area contributed by atoms with E-state index in [0.717, 1.165) is 18.6 Å². The average Bonchev–Trinajstić information content (AvgIpc) is 2.17. The van der Waals surface area contributed by atoms with Crippen molar-refractivity contribution in [1.29, 1.82) is 0 Å². The van der Waals surface area contributed by atoms with Crippen LogP contribution in [0.15, 0.2) is 5.10 Å². The van der Waals surface area contributed by atoms with Gasteiger partial charge >= 0.3 is 6.03 Å². The molecule has 0 aromatic heterocycles. The lowest BCUT2D eigenvalue weighted by molar-refractivity contribution is -0.160. The summed E-state index contributed by atoms with van der Waals surface area (Å²) >= 11 is 0. The van der Waals surface area contributed by atoms with Crippen LogP contribution in [0.3, 0.4) is 0 Å². The molecule has 0 saturated carbocycles. The molecule has 3 N–H and O–H groups in total. The summed E-state index contributed by atoms with van der Waals surface area (Å²) in [5.41, 5.74) is 7.89. The van der Waals surface area contributed by atoms with Gasteiger partial charge in [0.25, 0.3) is 0 Å². The van der Waals surface area contributed by atoms with Crippen molar-refractivity contribution in [2.75, 3.05) is 6.61 Å². The number of amides is 2. The summed E-state index contributed by atoms with van der Waals surface area (Å²) in [5.74, 6) is 0. The lowest BCUT2D eigenvalue weighted by atomic mass is 10.1. The smallest absolute Gasteiger partial charge is 0.332 e. The molecule has 0 bridgehead atoms. The second-order valence-electron chi connectivity index (χ2n) is 3.28. The molecular formula is C9H17N3O3. The molecule has 1 aliphatic heterocycles. The van der Waals surface area contributed by atoms with Crippen molar-refractivity contribution in [1.82, 2.24) is 5.43 Å². The molecule has 1 aliphatic rings. The van der Waals surface area contributed by atoms with Crippen LogP contribution in [0.2, 0.25) is 0 Å². The van der Waals surface area contributed by atoms with Crippen molar-refractivity contribution < 1.29 is 14.3 Å². The highest BCUT2D eigenvalue weighted by molar-refractivity contribution is 5.89. The monoisotopic (exact) mass is 215 g/mol. The zero-order chi connectivity index (χ0) is 11.3. The zero-order valence-electron chi connectivity index (χ0n) is 9.03. The Morgan fingerprint density at radius 2 is 2.53 bits per heavy atom. The van der Waals surface area contributed by atoms with Crippen molar-refractivity contribution in [3.8, 4) is 0 Å². The maximum atomic E-state index is 10.5. The Balaban J connectivity index is 2.44. The van der Waals surface area contributed by atoms with Gasteiger partial charge in [0.15, 0.2) is 6.29 Å². The Bertz CT molecular complexity index is 255. The van der Waals surface area contributed by atoms with Crippen LogP contribution in [0.25, 0.3) is 0 Å². The summed E-state index contributed by atoms with van der Waals surface area (Å²) < 4.78 is 10.9. The van der Waals surface area contributed by atoms with Crippen LogP contribution in [-0.4, -0.2) is 30.7 Å². The Morgan fingerprint density at radius 1 is 1.80 bits per heavy atom. The van der Waals surface area contributed by atoms with E-state index in [-0.39, 0.29) is 12.4 Å². The first-order chi connectivity index (χ1) is 7.13. The van der Waals surface area contributed by atoms with Gasteiger partial charge in [-0.05, 0) is 20.3 Å². The molecule has 1 heterocycles. The zero-order valence-corrected chi connectivity index (χ0v) is 9.03. The third-order valence-electron chi connectivity index (χ3n) is 2.12. The number of carbonyl (C=O) groups excluding carboxylic acids is 1. The van der Waals surface area contributed by atoms with Gasteiger partial charge in [0.2, 0.25) is 0 Å². The Kier molecular flexibility index (Phi) is 4.51. The summed E-state index contributed by atoms with van der Waals surface area (Å²) in [6.45, 7) is 4.42. The lowest BCUT2D eigenvalue weighted by Crippen LogP contribution is -2.37. The number of primary amides is 1. The molecule has 0 aliphatic carbocycles. The highest BCUT2D eigenvalue weighted by Crippen LogP contribution is 2.17. The number of hydrogen-bond donors (Lipinski definition) is 2. The predicted octanol–water partition coefficient (Wildman–Crippen LogP) is 0.572. The molecule has 0 aromatic rings. The lowest BCUT2D eigenvalue weighted by Gasteiger charge is -2.28. The fraction of sp³-hybridized carbons (Fsp3) is 0.778. The molecule has 1 saturated heterocycles. The van der Waals surface area contributed by atoms with Crippen molar-refractivity contribution in [3.63, 3.8) is 0 Å². The number of nitrogens with two attached hydrogens (primary N) is 1. The van der Waals surface area contributed by atoms with E-state index in [4.69, 9.17) is 15.2 Å².